The summed E-state index contributed by atoms with van der Waals surface area (Å²) in [6.45, 7) is 6.37. The third-order valence-corrected chi connectivity index (χ3v) is 2.32. The lowest BCUT2D eigenvalue weighted by molar-refractivity contribution is 0.316. The molecule has 0 spiro atoms. The van der Waals surface area contributed by atoms with Gasteiger partial charge in [-0.2, -0.15) is 0 Å². The molecule has 2 heteroatoms. The summed E-state index contributed by atoms with van der Waals surface area (Å²) >= 11 is 0. The van der Waals surface area contributed by atoms with Crippen molar-refractivity contribution in [3.05, 3.63) is 29.8 Å². The van der Waals surface area contributed by atoms with Crippen LogP contribution >= 0.6 is 0 Å². The maximum Gasteiger partial charge on any atom is 0.119 e. The van der Waals surface area contributed by atoms with Crippen molar-refractivity contribution >= 4 is 0 Å². The van der Waals surface area contributed by atoms with Crippen molar-refractivity contribution in [1.29, 1.82) is 0 Å². The van der Waals surface area contributed by atoms with Gasteiger partial charge in [-0.05, 0) is 23.6 Å². The van der Waals surface area contributed by atoms with Crippen LogP contribution in [0.4, 0.5) is 0 Å². The summed E-state index contributed by atoms with van der Waals surface area (Å²) in [7, 11) is 0. The fourth-order valence-electron chi connectivity index (χ4n) is 1.35. The molecule has 0 bridgehead atoms. The van der Waals surface area contributed by atoms with Gasteiger partial charge in [0.25, 0.3) is 0 Å². The summed E-state index contributed by atoms with van der Waals surface area (Å²) < 4.78 is 5.56. The molecule has 0 radical (unpaired) electrons. The van der Waals surface area contributed by atoms with Crippen LogP contribution in [0.1, 0.15) is 25.3 Å². The second-order valence-electron chi connectivity index (χ2n) is 3.95. The molecule has 0 amide bonds. The van der Waals surface area contributed by atoms with Gasteiger partial charge in [-0.3, -0.25) is 0 Å². The van der Waals surface area contributed by atoms with Crippen molar-refractivity contribution in [2.24, 2.45) is 0 Å². The monoisotopic (exact) mass is 217 g/mol. The minimum atomic E-state index is 0.561. The van der Waals surface area contributed by atoms with E-state index >= 15 is 0 Å². The predicted octanol–water partition coefficient (Wildman–Crippen LogP) is 2.41. The van der Waals surface area contributed by atoms with E-state index in [-0.39, 0.29) is 0 Å². The van der Waals surface area contributed by atoms with E-state index in [1.807, 2.05) is 12.1 Å². The summed E-state index contributed by atoms with van der Waals surface area (Å²) in [6.07, 6.45) is 5.11. The van der Waals surface area contributed by atoms with Gasteiger partial charge in [0.2, 0.25) is 0 Å². The topological polar surface area (TPSA) is 21.3 Å². The van der Waals surface area contributed by atoms with E-state index in [1.54, 1.807) is 0 Å². The molecular weight excluding hydrogens is 198 g/mol. The van der Waals surface area contributed by atoms with Gasteiger partial charge in [0.05, 0.1) is 6.54 Å². The van der Waals surface area contributed by atoms with Crippen molar-refractivity contribution in [3.8, 4) is 18.1 Å². The molecule has 1 aromatic rings. The average molecular weight is 217 g/mol. The van der Waals surface area contributed by atoms with Crippen LogP contribution in [0.5, 0.6) is 5.75 Å². The maximum atomic E-state index is 5.56. The third-order valence-electron chi connectivity index (χ3n) is 2.32. The highest BCUT2D eigenvalue weighted by Gasteiger charge is 1.98. The lowest BCUT2D eigenvalue weighted by Gasteiger charge is -2.08. The lowest BCUT2D eigenvalue weighted by atomic mass is 10.0. The fourth-order valence-corrected chi connectivity index (χ4v) is 1.35. The Morgan fingerprint density at radius 1 is 1.31 bits per heavy atom. The molecule has 0 aromatic heterocycles. The number of nitrogens with one attached hydrogen (secondary N) is 1. The Labute approximate surface area is 98.0 Å². The predicted molar refractivity (Wildman–Crippen MR) is 67.7 cm³/mol. The Bertz CT molecular complexity index is 335. The van der Waals surface area contributed by atoms with E-state index in [2.05, 4.69) is 37.2 Å². The zero-order valence-corrected chi connectivity index (χ0v) is 9.99. The second kappa shape index (κ2) is 6.92. The molecule has 16 heavy (non-hydrogen) atoms. The first-order valence-electron chi connectivity index (χ1n) is 5.61. The Morgan fingerprint density at radius 3 is 2.56 bits per heavy atom. The molecule has 86 valence electrons. The quantitative estimate of drug-likeness (QED) is 0.583. The zero-order chi connectivity index (χ0) is 11.8. The van der Waals surface area contributed by atoms with Crippen LogP contribution in [0.3, 0.4) is 0 Å². The number of ether oxygens (including phenoxy) is 1. The number of terminal acetylenes is 1. The highest BCUT2D eigenvalue weighted by atomic mass is 16.5. The van der Waals surface area contributed by atoms with Crippen molar-refractivity contribution in [2.45, 2.75) is 19.8 Å². The van der Waals surface area contributed by atoms with Crippen molar-refractivity contribution in [1.82, 2.24) is 5.32 Å². The fraction of sp³-hybridized carbons (Fsp3) is 0.429. The largest absolute Gasteiger partial charge is 0.492 e. The minimum absolute atomic E-state index is 0.561. The van der Waals surface area contributed by atoms with Crippen LogP contribution in [0.15, 0.2) is 24.3 Å². The minimum Gasteiger partial charge on any atom is -0.492 e. The highest BCUT2D eigenvalue weighted by Crippen LogP contribution is 2.18. The molecule has 0 fully saturated rings. The van der Waals surface area contributed by atoms with Gasteiger partial charge in [-0.15, -0.1) is 6.42 Å². The molecule has 1 N–H and O–H groups in total. The molecule has 0 atom stereocenters. The molecule has 0 heterocycles. The Kier molecular flexibility index (Phi) is 5.45. The molecule has 0 aliphatic carbocycles. The van der Waals surface area contributed by atoms with Crippen LogP contribution in [0, 0.1) is 12.3 Å². The van der Waals surface area contributed by atoms with Crippen molar-refractivity contribution in [3.63, 3.8) is 0 Å². The highest BCUT2D eigenvalue weighted by molar-refractivity contribution is 5.28. The molecule has 2 nitrogen and oxygen atoms in total. The lowest BCUT2D eigenvalue weighted by Crippen LogP contribution is -2.21. The van der Waals surface area contributed by atoms with Gasteiger partial charge in [0.15, 0.2) is 0 Å². The van der Waals surface area contributed by atoms with Gasteiger partial charge in [0, 0.05) is 6.54 Å². The van der Waals surface area contributed by atoms with Crippen LogP contribution in [-0.4, -0.2) is 19.7 Å². The normalized spacial score (nSPS) is 10.1. The zero-order valence-electron chi connectivity index (χ0n) is 9.99. The van der Waals surface area contributed by atoms with Crippen molar-refractivity contribution in [2.75, 3.05) is 19.7 Å². The van der Waals surface area contributed by atoms with E-state index < -0.39 is 0 Å². The summed E-state index contributed by atoms with van der Waals surface area (Å²) in [5, 5.41) is 3.07. The summed E-state index contributed by atoms with van der Waals surface area (Å²) in [4.78, 5) is 0. The number of benzene rings is 1. The Morgan fingerprint density at radius 2 is 2.00 bits per heavy atom. The van der Waals surface area contributed by atoms with Gasteiger partial charge in [-0.25, -0.2) is 0 Å². The maximum absolute atomic E-state index is 5.56. The smallest absolute Gasteiger partial charge is 0.119 e. The SMILES string of the molecule is C#CCNCCOc1ccc(C(C)C)cc1. The summed E-state index contributed by atoms with van der Waals surface area (Å²) in [5.41, 5.74) is 1.33. The first-order chi connectivity index (χ1) is 7.74. The van der Waals surface area contributed by atoms with E-state index in [0.29, 0.717) is 19.1 Å². The third kappa shape index (κ3) is 4.37. The van der Waals surface area contributed by atoms with E-state index in [9.17, 15) is 0 Å². The number of hydrogen-bond acceptors (Lipinski definition) is 2. The Balaban J connectivity index is 2.30. The molecule has 1 rings (SSSR count). The van der Waals surface area contributed by atoms with E-state index in [1.165, 1.54) is 5.56 Å². The first-order valence-corrected chi connectivity index (χ1v) is 5.61. The van der Waals surface area contributed by atoms with E-state index in [0.717, 1.165) is 12.3 Å². The second-order valence-corrected chi connectivity index (χ2v) is 3.95. The standard InChI is InChI=1S/C14H19NO/c1-4-9-15-10-11-16-14-7-5-13(6-8-14)12(2)3/h1,5-8,12,15H,9-11H2,2-3H3. The summed E-state index contributed by atoms with van der Waals surface area (Å²) in [6, 6.07) is 8.23. The van der Waals surface area contributed by atoms with Crippen LogP contribution < -0.4 is 10.1 Å². The summed E-state index contributed by atoms with van der Waals surface area (Å²) in [5.74, 6) is 3.99. The van der Waals surface area contributed by atoms with Crippen LogP contribution in [0.2, 0.25) is 0 Å². The molecule has 0 saturated carbocycles. The van der Waals surface area contributed by atoms with Crippen LogP contribution in [-0.2, 0) is 0 Å². The van der Waals surface area contributed by atoms with E-state index in [4.69, 9.17) is 11.2 Å². The molecule has 0 aliphatic rings. The average Bonchev–Trinajstić information content (AvgIpc) is 2.29. The molecule has 0 unspecified atom stereocenters. The number of rotatable bonds is 6. The van der Waals surface area contributed by atoms with Gasteiger partial charge >= 0.3 is 0 Å². The molecule has 0 saturated heterocycles. The molecule has 1 aromatic carbocycles. The van der Waals surface area contributed by atoms with Gasteiger partial charge in [-0.1, -0.05) is 31.9 Å². The molecular formula is C14H19NO. The van der Waals surface area contributed by atoms with Crippen LogP contribution in [0.25, 0.3) is 0 Å². The van der Waals surface area contributed by atoms with Gasteiger partial charge in [0.1, 0.15) is 12.4 Å². The van der Waals surface area contributed by atoms with Crippen molar-refractivity contribution < 1.29 is 4.74 Å². The Hall–Kier alpha value is -1.46. The van der Waals surface area contributed by atoms with Gasteiger partial charge < -0.3 is 10.1 Å². The number of hydrogen-bond donors (Lipinski definition) is 1. The first kappa shape index (κ1) is 12.6. The molecule has 0 aliphatic heterocycles.